The summed E-state index contributed by atoms with van der Waals surface area (Å²) >= 11 is 0. The normalized spacial score (nSPS) is 9.78. The van der Waals surface area contributed by atoms with Gasteiger partial charge in [0.15, 0.2) is 0 Å². The first kappa shape index (κ1) is 7.95. The summed E-state index contributed by atoms with van der Waals surface area (Å²) in [6.45, 7) is 3.47. The Balaban J connectivity index is 3.19. The van der Waals surface area contributed by atoms with Gasteiger partial charge in [-0.1, -0.05) is 24.8 Å². The van der Waals surface area contributed by atoms with E-state index in [9.17, 15) is 4.79 Å². The Morgan fingerprint density at radius 3 is 2.78 bits per heavy atom. The third-order valence-electron chi connectivity index (χ3n) is 0.830. The number of primary amides is 1. The van der Waals surface area contributed by atoms with E-state index >= 15 is 0 Å². The molecule has 0 aromatic rings. The van der Waals surface area contributed by atoms with E-state index < -0.39 is 0 Å². The van der Waals surface area contributed by atoms with E-state index in [1.54, 1.807) is 12.2 Å². The zero-order valence-corrected chi connectivity index (χ0v) is 5.34. The minimum absolute atomic E-state index is 0.260. The van der Waals surface area contributed by atoms with Gasteiger partial charge in [-0.05, 0) is 6.42 Å². The Morgan fingerprint density at radius 2 is 2.33 bits per heavy atom. The fourth-order valence-corrected chi connectivity index (χ4v) is 0.418. The molecule has 0 aliphatic carbocycles. The summed E-state index contributed by atoms with van der Waals surface area (Å²) in [7, 11) is 0. The largest absolute Gasteiger partial charge is 0.370 e. The molecule has 0 aromatic carbocycles. The average molecular weight is 125 g/mol. The third-order valence-corrected chi connectivity index (χ3v) is 0.830. The van der Waals surface area contributed by atoms with E-state index in [1.807, 2.05) is 6.08 Å². The molecule has 0 aliphatic heterocycles. The van der Waals surface area contributed by atoms with Crippen molar-refractivity contribution in [1.82, 2.24) is 0 Å². The van der Waals surface area contributed by atoms with Crippen LogP contribution in [0.15, 0.2) is 24.8 Å². The van der Waals surface area contributed by atoms with Crippen LogP contribution in [-0.2, 0) is 4.79 Å². The highest BCUT2D eigenvalue weighted by Crippen LogP contribution is 1.88. The molecular weight excluding hydrogens is 114 g/mol. The monoisotopic (exact) mass is 125 g/mol. The Labute approximate surface area is 55.1 Å². The third kappa shape index (κ3) is 6.95. The molecule has 9 heavy (non-hydrogen) atoms. The van der Waals surface area contributed by atoms with E-state index in [1.165, 1.54) is 0 Å². The summed E-state index contributed by atoms with van der Waals surface area (Å²) in [5.74, 6) is -0.260. The van der Waals surface area contributed by atoms with Gasteiger partial charge in [-0.2, -0.15) is 0 Å². The molecule has 0 bridgehead atoms. The van der Waals surface area contributed by atoms with Gasteiger partial charge in [0.05, 0.1) is 0 Å². The van der Waals surface area contributed by atoms with Crippen LogP contribution in [0.25, 0.3) is 0 Å². The van der Waals surface area contributed by atoms with E-state index in [-0.39, 0.29) is 5.91 Å². The lowest BCUT2D eigenvalue weighted by Gasteiger charge is -1.85. The molecule has 2 nitrogen and oxygen atoms in total. The quantitative estimate of drug-likeness (QED) is 0.559. The summed E-state index contributed by atoms with van der Waals surface area (Å²) in [5.41, 5.74) is 4.88. The molecule has 0 heterocycles. The summed E-state index contributed by atoms with van der Waals surface area (Å²) in [6.07, 6.45) is 6.45. The average Bonchev–Trinajstić information content (AvgIpc) is 1.80. The van der Waals surface area contributed by atoms with Crippen molar-refractivity contribution >= 4 is 5.91 Å². The van der Waals surface area contributed by atoms with Crippen molar-refractivity contribution in [2.24, 2.45) is 5.73 Å². The van der Waals surface area contributed by atoms with Gasteiger partial charge in [0.25, 0.3) is 0 Å². The zero-order chi connectivity index (χ0) is 7.11. The van der Waals surface area contributed by atoms with Crippen LogP contribution in [0.3, 0.4) is 0 Å². The first-order chi connectivity index (χ1) is 4.27. The van der Waals surface area contributed by atoms with Crippen LogP contribution < -0.4 is 5.73 Å². The molecule has 0 aliphatic rings. The number of hydrogen-bond donors (Lipinski definition) is 1. The lowest BCUT2D eigenvalue weighted by molar-refractivity contribution is -0.117. The van der Waals surface area contributed by atoms with Crippen LogP contribution in [0.1, 0.15) is 12.8 Å². The van der Waals surface area contributed by atoms with E-state index in [0.29, 0.717) is 12.8 Å². The molecule has 0 spiro atoms. The highest BCUT2D eigenvalue weighted by atomic mass is 16.1. The van der Waals surface area contributed by atoms with Gasteiger partial charge in [-0.3, -0.25) is 4.79 Å². The smallest absolute Gasteiger partial charge is 0.217 e. The van der Waals surface area contributed by atoms with Gasteiger partial charge in [0.1, 0.15) is 0 Å². The van der Waals surface area contributed by atoms with E-state index in [4.69, 9.17) is 5.73 Å². The lowest BCUT2D eigenvalue weighted by atomic mass is 10.3. The van der Waals surface area contributed by atoms with Crippen molar-refractivity contribution in [3.63, 3.8) is 0 Å². The standard InChI is InChI=1S/C7H11NO/c1-2-3-4-5-6-7(8)9/h2-4H,1,5-6H2,(H2,8,9)/b4-3+. The fourth-order valence-electron chi connectivity index (χ4n) is 0.418. The minimum Gasteiger partial charge on any atom is -0.370 e. The predicted octanol–water partition coefficient (Wildman–Crippen LogP) is 0.994. The van der Waals surface area contributed by atoms with Crippen molar-refractivity contribution < 1.29 is 4.79 Å². The molecule has 0 saturated heterocycles. The Kier molecular flexibility index (Phi) is 4.50. The maximum absolute atomic E-state index is 10.1. The van der Waals surface area contributed by atoms with Gasteiger partial charge in [-0.25, -0.2) is 0 Å². The van der Waals surface area contributed by atoms with E-state index in [0.717, 1.165) is 0 Å². The highest BCUT2D eigenvalue weighted by molar-refractivity contribution is 5.73. The molecule has 0 fully saturated rings. The first-order valence-electron chi connectivity index (χ1n) is 2.83. The maximum Gasteiger partial charge on any atom is 0.217 e. The second-order valence-electron chi connectivity index (χ2n) is 1.67. The summed E-state index contributed by atoms with van der Waals surface area (Å²) < 4.78 is 0. The molecule has 0 radical (unpaired) electrons. The predicted molar refractivity (Wildman–Crippen MR) is 37.8 cm³/mol. The lowest BCUT2D eigenvalue weighted by Crippen LogP contribution is -2.08. The molecule has 0 rings (SSSR count). The van der Waals surface area contributed by atoms with E-state index in [2.05, 4.69) is 6.58 Å². The molecule has 0 unspecified atom stereocenters. The number of carbonyl (C=O) groups excluding carboxylic acids is 1. The molecule has 0 atom stereocenters. The van der Waals surface area contributed by atoms with Crippen LogP contribution >= 0.6 is 0 Å². The number of rotatable bonds is 4. The van der Waals surface area contributed by atoms with Crippen LogP contribution in [0.4, 0.5) is 0 Å². The molecule has 2 N–H and O–H groups in total. The second kappa shape index (κ2) is 5.09. The molecule has 50 valence electrons. The van der Waals surface area contributed by atoms with Crippen LogP contribution in [0.5, 0.6) is 0 Å². The van der Waals surface area contributed by atoms with Crippen LogP contribution in [-0.4, -0.2) is 5.91 Å². The van der Waals surface area contributed by atoms with Gasteiger partial charge >= 0.3 is 0 Å². The van der Waals surface area contributed by atoms with Gasteiger partial charge in [0.2, 0.25) is 5.91 Å². The van der Waals surface area contributed by atoms with Gasteiger partial charge < -0.3 is 5.73 Å². The number of hydrogen-bond acceptors (Lipinski definition) is 1. The zero-order valence-electron chi connectivity index (χ0n) is 5.34. The number of carbonyl (C=O) groups is 1. The summed E-state index contributed by atoms with van der Waals surface area (Å²) in [4.78, 5) is 10.1. The minimum atomic E-state index is -0.260. The fraction of sp³-hybridized carbons (Fsp3) is 0.286. The SMILES string of the molecule is C=C/C=C/CCC(N)=O. The molecule has 0 saturated carbocycles. The van der Waals surface area contributed by atoms with Crippen molar-refractivity contribution in [2.75, 3.05) is 0 Å². The highest BCUT2D eigenvalue weighted by Gasteiger charge is 1.87. The van der Waals surface area contributed by atoms with Crippen molar-refractivity contribution in [3.05, 3.63) is 24.8 Å². The topological polar surface area (TPSA) is 43.1 Å². The first-order valence-corrected chi connectivity index (χ1v) is 2.83. The number of nitrogens with two attached hydrogens (primary N) is 1. The molecule has 1 amide bonds. The Bertz CT molecular complexity index is 127. The molecule has 2 heteroatoms. The second-order valence-corrected chi connectivity index (χ2v) is 1.67. The Morgan fingerprint density at radius 1 is 1.67 bits per heavy atom. The van der Waals surface area contributed by atoms with Gasteiger partial charge in [-0.15, -0.1) is 0 Å². The molecule has 0 aromatic heterocycles. The van der Waals surface area contributed by atoms with Crippen molar-refractivity contribution in [1.29, 1.82) is 0 Å². The van der Waals surface area contributed by atoms with Gasteiger partial charge in [0, 0.05) is 6.42 Å². The molecular formula is C7H11NO. The van der Waals surface area contributed by atoms with Crippen LogP contribution in [0, 0.1) is 0 Å². The van der Waals surface area contributed by atoms with Crippen LogP contribution in [0.2, 0.25) is 0 Å². The number of amides is 1. The summed E-state index contributed by atoms with van der Waals surface area (Å²) in [6, 6.07) is 0. The Hall–Kier alpha value is -1.05. The maximum atomic E-state index is 10.1. The van der Waals surface area contributed by atoms with Crippen molar-refractivity contribution in [2.45, 2.75) is 12.8 Å². The van der Waals surface area contributed by atoms with Crippen molar-refractivity contribution in [3.8, 4) is 0 Å². The summed E-state index contributed by atoms with van der Waals surface area (Å²) in [5, 5.41) is 0. The number of allylic oxidation sites excluding steroid dienone is 3.